The molecule has 2 aromatic carbocycles. The van der Waals surface area contributed by atoms with E-state index in [0.29, 0.717) is 17.3 Å². The Morgan fingerprint density at radius 3 is 2.53 bits per heavy atom. The van der Waals surface area contributed by atoms with Gasteiger partial charge in [0.15, 0.2) is 16.3 Å². The molecule has 0 aliphatic carbocycles. The minimum absolute atomic E-state index is 0.177. The molecular formula is C23H20FN5O2S. The lowest BCUT2D eigenvalue weighted by atomic mass is 10.2. The minimum atomic E-state index is -0.525. The van der Waals surface area contributed by atoms with Crippen LogP contribution < -0.4 is 10.9 Å². The van der Waals surface area contributed by atoms with E-state index in [1.165, 1.54) is 53.0 Å². The molecule has 1 atom stereocenters. The Hall–Kier alpha value is -3.59. The summed E-state index contributed by atoms with van der Waals surface area (Å²) in [5.41, 5.74) is 1.51. The van der Waals surface area contributed by atoms with Crippen LogP contribution in [0.5, 0.6) is 0 Å². The molecule has 0 saturated carbocycles. The maximum absolute atomic E-state index is 13.2. The maximum Gasteiger partial charge on any atom is 0.282 e. The highest BCUT2D eigenvalue weighted by Crippen LogP contribution is 2.26. The molecule has 1 unspecified atom stereocenters. The number of halogens is 1. The number of fused-ring (bicyclic) bond motifs is 1. The number of amides is 1. The third-order valence-corrected chi connectivity index (χ3v) is 6.12. The molecule has 0 spiro atoms. The summed E-state index contributed by atoms with van der Waals surface area (Å²) in [6.45, 7) is 2.17. The van der Waals surface area contributed by atoms with Crippen LogP contribution in [0.3, 0.4) is 0 Å². The van der Waals surface area contributed by atoms with Gasteiger partial charge in [-0.3, -0.25) is 14.2 Å². The normalized spacial score (nSPS) is 11.9. The van der Waals surface area contributed by atoms with Gasteiger partial charge in [0.2, 0.25) is 5.91 Å². The van der Waals surface area contributed by atoms with Gasteiger partial charge in [-0.15, -0.1) is 0 Å². The van der Waals surface area contributed by atoms with Crippen LogP contribution in [0.25, 0.3) is 11.2 Å². The first-order chi connectivity index (χ1) is 15.5. The number of thioether (sulfide) groups is 1. The highest BCUT2D eigenvalue weighted by molar-refractivity contribution is 8.00. The van der Waals surface area contributed by atoms with Gasteiger partial charge in [0.05, 0.1) is 11.8 Å². The van der Waals surface area contributed by atoms with Gasteiger partial charge < -0.3 is 5.32 Å². The number of carbonyl (C=O) groups is 1. The van der Waals surface area contributed by atoms with Crippen molar-refractivity contribution < 1.29 is 9.18 Å². The summed E-state index contributed by atoms with van der Waals surface area (Å²) in [5, 5.41) is 2.65. The molecule has 4 rings (SSSR count). The molecule has 0 radical (unpaired) electrons. The second-order valence-corrected chi connectivity index (χ2v) is 8.18. The largest absolute Gasteiger partial charge is 0.325 e. The van der Waals surface area contributed by atoms with Crippen LogP contribution in [0.2, 0.25) is 0 Å². The van der Waals surface area contributed by atoms with E-state index in [9.17, 15) is 14.0 Å². The van der Waals surface area contributed by atoms with Gasteiger partial charge in [-0.05, 0) is 36.2 Å². The van der Waals surface area contributed by atoms with Crippen molar-refractivity contribution in [3.8, 4) is 0 Å². The van der Waals surface area contributed by atoms with Crippen molar-refractivity contribution in [1.29, 1.82) is 0 Å². The summed E-state index contributed by atoms with van der Waals surface area (Å²) in [7, 11) is 0. The van der Waals surface area contributed by atoms with Crippen molar-refractivity contribution in [2.45, 2.75) is 30.3 Å². The van der Waals surface area contributed by atoms with E-state index in [0.717, 1.165) is 5.56 Å². The summed E-state index contributed by atoms with van der Waals surface area (Å²) >= 11 is 1.19. The molecule has 4 aromatic rings. The molecule has 2 heterocycles. The SMILES string of the molecule is CCC(Sc1nc2nccnc2c(=O)n1Cc1ccccc1)C(=O)Nc1ccc(F)cc1. The van der Waals surface area contributed by atoms with Crippen LogP contribution in [0.15, 0.2) is 76.9 Å². The standard InChI is InChI=1S/C23H20FN5O2S/c1-2-18(21(30)27-17-10-8-16(24)9-11-17)32-23-28-20-19(25-12-13-26-20)22(31)29(23)14-15-6-4-3-5-7-15/h3-13,18H,2,14H2,1H3,(H,27,30). The van der Waals surface area contributed by atoms with Crippen molar-refractivity contribution in [1.82, 2.24) is 19.5 Å². The van der Waals surface area contributed by atoms with Crippen LogP contribution in [-0.2, 0) is 11.3 Å². The molecule has 0 aliphatic heterocycles. The molecule has 162 valence electrons. The van der Waals surface area contributed by atoms with Gasteiger partial charge in [0.1, 0.15) is 5.82 Å². The number of anilines is 1. The minimum Gasteiger partial charge on any atom is -0.325 e. The fraction of sp³-hybridized carbons (Fsp3) is 0.174. The summed E-state index contributed by atoms with van der Waals surface area (Å²) < 4.78 is 14.7. The fourth-order valence-electron chi connectivity index (χ4n) is 3.13. The van der Waals surface area contributed by atoms with E-state index in [1.54, 1.807) is 0 Å². The highest BCUT2D eigenvalue weighted by atomic mass is 32.2. The first-order valence-electron chi connectivity index (χ1n) is 10.0. The zero-order valence-corrected chi connectivity index (χ0v) is 18.1. The van der Waals surface area contributed by atoms with E-state index in [2.05, 4.69) is 20.3 Å². The average Bonchev–Trinajstić information content (AvgIpc) is 2.82. The highest BCUT2D eigenvalue weighted by Gasteiger charge is 2.23. The molecule has 0 saturated heterocycles. The summed E-state index contributed by atoms with van der Waals surface area (Å²) in [5.74, 6) is -0.639. The Labute approximate surface area is 187 Å². The van der Waals surface area contributed by atoms with E-state index < -0.39 is 5.25 Å². The lowest BCUT2D eigenvalue weighted by Gasteiger charge is -2.17. The average molecular weight is 450 g/mol. The van der Waals surface area contributed by atoms with Crippen LogP contribution in [-0.4, -0.2) is 30.7 Å². The second kappa shape index (κ2) is 9.69. The number of rotatable bonds is 7. The lowest BCUT2D eigenvalue weighted by Crippen LogP contribution is -2.29. The molecule has 1 amide bonds. The Morgan fingerprint density at radius 2 is 1.81 bits per heavy atom. The first kappa shape index (κ1) is 21.6. The number of benzene rings is 2. The fourth-order valence-corrected chi connectivity index (χ4v) is 4.13. The number of hydrogen-bond donors (Lipinski definition) is 1. The van der Waals surface area contributed by atoms with Gasteiger partial charge in [0.25, 0.3) is 5.56 Å². The third kappa shape index (κ3) is 4.83. The Balaban J connectivity index is 1.68. The van der Waals surface area contributed by atoms with Gasteiger partial charge >= 0.3 is 0 Å². The molecule has 7 nitrogen and oxygen atoms in total. The topological polar surface area (TPSA) is 89.8 Å². The number of nitrogens with one attached hydrogen (secondary N) is 1. The van der Waals surface area contributed by atoms with Crippen molar-refractivity contribution in [2.24, 2.45) is 0 Å². The van der Waals surface area contributed by atoms with Crippen LogP contribution >= 0.6 is 11.8 Å². The number of hydrogen-bond acceptors (Lipinski definition) is 6. The Bertz CT molecular complexity index is 1300. The molecule has 0 aliphatic rings. The predicted molar refractivity (Wildman–Crippen MR) is 122 cm³/mol. The number of nitrogens with zero attached hydrogens (tertiary/aromatic N) is 4. The summed E-state index contributed by atoms with van der Waals surface area (Å²) in [6.07, 6.45) is 3.43. The Kier molecular flexibility index (Phi) is 6.55. The summed E-state index contributed by atoms with van der Waals surface area (Å²) in [6, 6.07) is 15.1. The molecule has 32 heavy (non-hydrogen) atoms. The van der Waals surface area contributed by atoms with Crippen molar-refractivity contribution in [3.63, 3.8) is 0 Å². The van der Waals surface area contributed by atoms with Crippen molar-refractivity contribution in [3.05, 3.63) is 88.7 Å². The quantitative estimate of drug-likeness (QED) is 0.340. The first-order valence-corrected chi connectivity index (χ1v) is 10.9. The van der Waals surface area contributed by atoms with E-state index in [1.807, 2.05) is 37.3 Å². The van der Waals surface area contributed by atoms with E-state index >= 15 is 0 Å². The third-order valence-electron chi connectivity index (χ3n) is 4.77. The van der Waals surface area contributed by atoms with Crippen LogP contribution in [0.4, 0.5) is 10.1 Å². The van der Waals surface area contributed by atoms with Gasteiger partial charge in [-0.25, -0.2) is 19.3 Å². The zero-order valence-electron chi connectivity index (χ0n) is 17.2. The second-order valence-electron chi connectivity index (χ2n) is 7.01. The monoisotopic (exact) mass is 449 g/mol. The smallest absolute Gasteiger partial charge is 0.282 e. The van der Waals surface area contributed by atoms with Gasteiger partial charge in [-0.2, -0.15) is 0 Å². The number of carbonyl (C=O) groups excluding carboxylic acids is 1. The van der Waals surface area contributed by atoms with Crippen LogP contribution in [0, 0.1) is 5.82 Å². The lowest BCUT2D eigenvalue weighted by molar-refractivity contribution is -0.115. The predicted octanol–water partition coefficient (Wildman–Crippen LogP) is 3.88. The van der Waals surface area contributed by atoms with Crippen molar-refractivity contribution >= 4 is 34.5 Å². The van der Waals surface area contributed by atoms with Gasteiger partial charge in [-0.1, -0.05) is 49.0 Å². The molecule has 1 N–H and O–H groups in total. The molecule has 2 aromatic heterocycles. The maximum atomic E-state index is 13.2. The van der Waals surface area contributed by atoms with Crippen LogP contribution in [0.1, 0.15) is 18.9 Å². The van der Waals surface area contributed by atoms with E-state index in [-0.39, 0.29) is 35.0 Å². The van der Waals surface area contributed by atoms with E-state index in [4.69, 9.17) is 0 Å². The van der Waals surface area contributed by atoms with Crippen molar-refractivity contribution in [2.75, 3.05) is 5.32 Å². The molecular weight excluding hydrogens is 429 g/mol. The molecule has 9 heteroatoms. The molecule has 0 bridgehead atoms. The number of aromatic nitrogens is 4. The van der Waals surface area contributed by atoms with Gasteiger partial charge in [0, 0.05) is 18.1 Å². The summed E-state index contributed by atoms with van der Waals surface area (Å²) in [4.78, 5) is 38.9. The Morgan fingerprint density at radius 1 is 1.09 bits per heavy atom. The zero-order chi connectivity index (χ0) is 22.5. The molecule has 0 fully saturated rings.